The second kappa shape index (κ2) is 9.28. The molecule has 0 saturated carbocycles. The molecule has 0 atom stereocenters. The molecule has 152 valence electrons. The zero-order valence-corrected chi connectivity index (χ0v) is 18.1. The second-order valence-corrected chi connectivity index (χ2v) is 7.88. The lowest BCUT2D eigenvalue weighted by Gasteiger charge is -2.21. The van der Waals surface area contributed by atoms with Crippen LogP contribution in [0.3, 0.4) is 0 Å². The van der Waals surface area contributed by atoms with Crippen molar-refractivity contribution in [2.75, 3.05) is 6.54 Å². The number of amides is 1. The van der Waals surface area contributed by atoms with Gasteiger partial charge in [-0.3, -0.25) is 4.79 Å². The Morgan fingerprint density at radius 3 is 2.60 bits per heavy atom. The molecule has 2 aromatic heterocycles. The van der Waals surface area contributed by atoms with Gasteiger partial charge in [0.05, 0.1) is 23.4 Å². The SMILES string of the molecule is O=C(c1ccccc1Cl)N(CCc1nc(-c2ccc(Br)cc2)no1)Cc1ccco1. The molecule has 1 amide bonds. The normalized spacial score (nSPS) is 10.9. The number of aromatic nitrogens is 2. The van der Waals surface area contributed by atoms with Crippen LogP contribution < -0.4 is 0 Å². The lowest BCUT2D eigenvalue weighted by molar-refractivity contribution is 0.0730. The van der Waals surface area contributed by atoms with Crippen molar-refractivity contribution < 1.29 is 13.7 Å². The summed E-state index contributed by atoms with van der Waals surface area (Å²) in [6, 6.07) is 18.2. The Balaban J connectivity index is 1.50. The zero-order chi connectivity index (χ0) is 20.9. The molecular formula is C22H17BrClN3O3. The highest BCUT2D eigenvalue weighted by Crippen LogP contribution is 2.21. The van der Waals surface area contributed by atoms with Crippen molar-refractivity contribution in [2.24, 2.45) is 0 Å². The van der Waals surface area contributed by atoms with Crippen molar-refractivity contribution in [2.45, 2.75) is 13.0 Å². The summed E-state index contributed by atoms with van der Waals surface area (Å²) < 4.78 is 11.8. The molecule has 0 fully saturated rings. The molecular weight excluding hydrogens is 470 g/mol. The first kappa shape index (κ1) is 20.4. The van der Waals surface area contributed by atoms with E-state index in [4.69, 9.17) is 20.5 Å². The number of hydrogen-bond acceptors (Lipinski definition) is 5. The number of halogens is 2. The average molecular weight is 487 g/mol. The third-order valence-electron chi connectivity index (χ3n) is 4.48. The van der Waals surface area contributed by atoms with Crippen LogP contribution in [0.15, 0.2) is 80.3 Å². The third kappa shape index (κ3) is 4.80. The van der Waals surface area contributed by atoms with Gasteiger partial charge in [-0.15, -0.1) is 0 Å². The van der Waals surface area contributed by atoms with Gasteiger partial charge < -0.3 is 13.8 Å². The maximum atomic E-state index is 13.1. The van der Waals surface area contributed by atoms with Gasteiger partial charge in [-0.1, -0.05) is 44.8 Å². The Morgan fingerprint density at radius 2 is 1.87 bits per heavy atom. The molecule has 0 bridgehead atoms. The van der Waals surface area contributed by atoms with Crippen molar-refractivity contribution in [3.05, 3.63) is 93.6 Å². The highest BCUT2D eigenvalue weighted by Gasteiger charge is 2.20. The van der Waals surface area contributed by atoms with Gasteiger partial charge in [-0.2, -0.15) is 4.98 Å². The number of furan rings is 1. The monoisotopic (exact) mass is 485 g/mol. The van der Waals surface area contributed by atoms with E-state index in [1.54, 1.807) is 41.5 Å². The predicted molar refractivity (Wildman–Crippen MR) is 116 cm³/mol. The van der Waals surface area contributed by atoms with Crippen LogP contribution >= 0.6 is 27.5 Å². The third-order valence-corrected chi connectivity index (χ3v) is 5.34. The van der Waals surface area contributed by atoms with Crippen LogP contribution in [0.2, 0.25) is 5.02 Å². The minimum Gasteiger partial charge on any atom is -0.467 e. The van der Waals surface area contributed by atoms with E-state index in [1.807, 2.05) is 30.3 Å². The van der Waals surface area contributed by atoms with E-state index in [0.717, 1.165) is 10.0 Å². The predicted octanol–water partition coefficient (Wildman–Crippen LogP) is 5.63. The highest BCUT2D eigenvalue weighted by molar-refractivity contribution is 9.10. The number of nitrogens with zero attached hydrogens (tertiary/aromatic N) is 3. The van der Waals surface area contributed by atoms with Gasteiger partial charge in [0.2, 0.25) is 11.7 Å². The van der Waals surface area contributed by atoms with Gasteiger partial charge in [0.25, 0.3) is 5.91 Å². The molecule has 2 heterocycles. The first-order chi connectivity index (χ1) is 14.6. The number of hydrogen-bond donors (Lipinski definition) is 0. The molecule has 0 radical (unpaired) electrons. The van der Waals surface area contributed by atoms with E-state index in [2.05, 4.69) is 26.1 Å². The summed E-state index contributed by atoms with van der Waals surface area (Å²) in [6.45, 7) is 0.678. The number of rotatable bonds is 7. The molecule has 30 heavy (non-hydrogen) atoms. The number of carbonyl (C=O) groups excluding carboxylic acids is 1. The summed E-state index contributed by atoms with van der Waals surface area (Å²) in [5.41, 5.74) is 1.29. The van der Waals surface area contributed by atoms with E-state index >= 15 is 0 Å². The molecule has 4 rings (SSSR count). The van der Waals surface area contributed by atoms with Gasteiger partial charge in [0.1, 0.15) is 5.76 Å². The van der Waals surface area contributed by atoms with Crippen molar-refractivity contribution in [1.82, 2.24) is 15.0 Å². The van der Waals surface area contributed by atoms with E-state index < -0.39 is 0 Å². The molecule has 4 aromatic rings. The lowest BCUT2D eigenvalue weighted by atomic mass is 10.2. The van der Waals surface area contributed by atoms with Gasteiger partial charge >= 0.3 is 0 Å². The van der Waals surface area contributed by atoms with Gasteiger partial charge in [-0.05, 0) is 48.5 Å². The Labute approximate surface area is 186 Å². The Kier molecular flexibility index (Phi) is 6.30. The molecule has 6 nitrogen and oxygen atoms in total. The van der Waals surface area contributed by atoms with Gasteiger partial charge in [-0.25, -0.2) is 0 Å². The first-order valence-electron chi connectivity index (χ1n) is 9.25. The quantitative estimate of drug-likeness (QED) is 0.338. The Bertz CT molecular complexity index is 1130. The topological polar surface area (TPSA) is 72.4 Å². The molecule has 0 unspecified atom stereocenters. The molecule has 0 aliphatic rings. The van der Waals surface area contributed by atoms with Gasteiger partial charge in [0.15, 0.2) is 0 Å². The largest absolute Gasteiger partial charge is 0.467 e. The van der Waals surface area contributed by atoms with Crippen LogP contribution in [0.5, 0.6) is 0 Å². The second-order valence-electron chi connectivity index (χ2n) is 6.55. The number of carbonyl (C=O) groups is 1. The molecule has 0 saturated heterocycles. The Morgan fingerprint density at radius 1 is 1.07 bits per heavy atom. The van der Waals surface area contributed by atoms with E-state index in [0.29, 0.717) is 47.6 Å². The van der Waals surface area contributed by atoms with Crippen molar-refractivity contribution in [3.8, 4) is 11.4 Å². The van der Waals surface area contributed by atoms with Crippen LogP contribution in [0.1, 0.15) is 22.0 Å². The zero-order valence-electron chi connectivity index (χ0n) is 15.8. The highest BCUT2D eigenvalue weighted by atomic mass is 79.9. The lowest BCUT2D eigenvalue weighted by Crippen LogP contribution is -2.32. The minimum absolute atomic E-state index is 0.190. The fraction of sp³-hybridized carbons (Fsp3) is 0.136. The first-order valence-corrected chi connectivity index (χ1v) is 10.4. The van der Waals surface area contributed by atoms with E-state index in [9.17, 15) is 4.79 Å². The summed E-state index contributed by atoms with van der Waals surface area (Å²) >= 11 is 9.64. The van der Waals surface area contributed by atoms with Gasteiger partial charge in [0, 0.05) is 23.0 Å². The summed E-state index contributed by atoms with van der Waals surface area (Å²) in [6.07, 6.45) is 1.98. The standard InChI is InChI=1S/C22H17BrClN3O3/c23-16-9-7-15(8-10-16)21-25-20(30-26-21)11-12-27(14-17-4-3-13-29-17)22(28)18-5-1-2-6-19(18)24/h1-10,13H,11-12,14H2. The minimum atomic E-state index is -0.190. The fourth-order valence-corrected chi connectivity index (χ4v) is 3.43. The number of benzene rings is 2. The average Bonchev–Trinajstić information content (AvgIpc) is 3.44. The Hall–Kier alpha value is -2.90. The van der Waals surface area contributed by atoms with Crippen LogP contribution in [-0.2, 0) is 13.0 Å². The van der Waals surface area contributed by atoms with Crippen molar-refractivity contribution in [1.29, 1.82) is 0 Å². The summed E-state index contributed by atoms with van der Waals surface area (Å²) in [7, 11) is 0. The van der Waals surface area contributed by atoms with Crippen LogP contribution in [0.4, 0.5) is 0 Å². The maximum absolute atomic E-state index is 13.1. The fourth-order valence-electron chi connectivity index (χ4n) is 2.95. The van der Waals surface area contributed by atoms with Crippen LogP contribution in [0, 0.1) is 0 Å². The van der Waals surface area contributed by atoms with E-state index in [1.165, 1.54) is 0 Å². The molecule has 0 aliphatic heterocycles. The maximum Gasteiger partial charge on any atom is 0.255 e. The molecule has 0 spiro atoms. The van der Waals surface area contributed by atoms with Crippen LogP contribution in [0.25, 0.3) is 11.4 Å². The van der Waals surface area contributed by atoms with E-state index in [-0.39, 0.29) is 5.91 Å². The summed E-state index contributed by atoms with van der Waals surface area (Å²) in [5, 5.41) is 4.45. The summed E-state index contributed by atoms with van der Waals surface area (Å²) in [5.74, 6) is 1.44. The van der Waals surface area contributed by atoms with Crippen molar-refractivity contribution >= 4 is 33.4 Å². The molecule has 0 aliphatic carbocycles. The van der Waals surface area contributed by atoms with Crippen LogP contribution in [-0.4, -0.2) is 27.5 Å². The molecule has 2 aromatic carbocycles. The summed E-state index contributed by atoms with van der Waals surface area (Å²) in [4.78, 5) is 19.2. The van der Waals surface area contributed by atoms with Crippen molar-refractivity contribution in [3.63, 3.8) is 0 Å². The molecule has 8 heteroatoms. The smallest absolute Gasteiger partial charge is 0.255 e. The molecule has 0 N–H and O–H groups in total.